The number of nitriles is 1. The molecular weight excluding hydrogens is 391 g/mol. The smallest absolute Gasteiger partial charge is 0.266 e. The number of benzene rings is 3. The van der Waals surface area contributed by atoms with Gasteiger partial charge in [-0.25, -0.2) is 4.39 Å². The normalized spacial score (nSPS) is 11.0. The van der Waals surface area contributed by atoms with Crippen molar-refractivity contribution in [3.63, 3.8) is 0 Å². The fourth-order valence-electron chi connectivity index (χ4n) is 3.18. The highest BCUT2D eigenvalue weighted by molar-refractivity contribution is 6.10. The minimum atomic E-state index is -0.474. The minimum absolute atomic E-state index is 0.0106. The van der Waals surface area contributed by atoms with Crippen molar-refractivity contribution in [2.45, 2.75) is 20.3 Å². The van der Waals surface area contributed by atoms with Crippen molar-refractivity contribution in [1.82, 2.24) is 0 Å². The molecule has 31 heavy (non-hydrogen) atoms. The van der Waals surface area contributed by atoms with Gasteiger partial charge in [0, 0.05) is 12.1 Å². The molecule has 0 aromatic heterocycles. The van der Waals surface area contributed by atoms with E-state index >= 15 is 0 Å². The molecule has 5 heteroatoms. The number of nitrogens with one attached hydrogen (secondary N) is 1. The molecule has 0 saturated carbocycles. The number of aryl methyl sites for hydroxylation is 1. The third-order valence-electron chi connectivity index (χ3n) is 4.74. The predicted molar refractivity (Wildman–Crippen MR) is 120 cm³/mol. The lowest BCUT2D eigenvalue weighted by Crippen LogP contribution is -2.14. The number of halogens is 1. The van der Waals surface area contributed by atoms with Crippen LogP contribution in [0.1, 0.15) is 29.2 Å². The second-order valence-corrected chi connectivity index (χ2v) is 7.05. The van der Waals surface area contributed by atoms with E-state index in [1.807, 2.05) is 56.3 Å². The summed E-state index contributed by atoms with van der Waals surface area (Å²) < 4.78 is 19.3. The molecule has 0 aliphatic heterocycles. The molecule has 0 bridgehead atoms. The minimum Gasteiger partial charge on any atom is -0.494 e. The maximum atomic E-state index is 13.5. The standard InChI is InChI=1S/C26H23FN2O2/c1-3-31-25-16-20(11-12-21(25)13-19-8-6-9-23(27)15-19)14-22(17-28)26(30)29-24-10-5-4-7-18(24)2/h4-12,14-16H,3,13H2,1-2H3,(H,29,30)/b22-14+. The zero-order valence-corrected chi connectivity index (χ0v) is 17.5. The first-order chi connectivity index (χ1) is 15.0. The van der Waals surface area contributed by atoms with Crippen LogP contribution in [0.5, 0.6) is 5.75 Å². The van der Waals surface area contributed by atoms with E-state index in [-0.39, 0.29) is 11.4 Å². The molecule has 0 atom stereocenters. The Morgan fingerprint density at radius 3 is 2.65 bits per heavy atom. The van der Waals surface area contributed by atoms with Gasteiger partial charge >= 0.3 is 0 Å². The molecule has 0 heterocycles. The first-order valence-corrected chi connectivity index (χ1v) is 9.99. The lowest BCUT2D eigenvalue weighted by molar-refractivity contribution is -0.112. The number of carbonyl (C=O) groups excluding carboxylic acids is 1. The fraction of sp³-hybridized carbons (Fsp3) is 0.154. The van der Waals surface area contributed by atoms with Crippen LogP contribution >= 0.6 is 0 Å². The second-order valence-electron chi connectivity index (χ2n) is 7.05. The Kier molecular flexibility index (Phi) is 7.18. The topological polar surface area (TPSA) is 62.1 Å². The maximum Gasteiger partial charge on any atom is 0.266 e. The molecule has 0 unspecified atom stereocenters. The number of hydrogen-bond acceptors (Lipinski definition) is 3. The van der Waals surface area contributed by atoms with Crippen LogP contribution in [0.15, 0.2) is 72.3 Å². The van der Waals surface area contributed by atoms with Gasteiger partial charge in [0.1, 0.15) is 23.2 Å². The first kappa shape index (κ1) is 21.8. The summed E-state index contributed by atoms with van der Waals surface area (Å²) in [5.41, 5.74) is 3.96. The number of nitrogens with zero attached hydrogens (tertiary/aromatic N) is 1. The van der Waals surface area contributed by atoms with E-state index in [1.165, 1.54) is 18.2 Å². The molecule has 1 N–H and O–H groups in total. The average molecular weight is 414 g/mol. The van der Waals surface area contributed by atoms with Gasteiger partial charge in [0.2, 0.25) is 0 Å². The van der Waals surface area contributed by atoms with Gasteiger partial charge in [-0.15, -0.1) is 0 Å². The van der Waals surface area contributed by atoms with Crippen molar-refractivity contribution >= 4 is 17.7 Å². The zero-order chi connectivity index (χ0) is 22.2. The number of ether oxygens (including phenoxy) is 1. The van der Waals surface area contributed by atoms with E-state index in [1.54, 1.807) is 18.2 Å². The summed E-state index contributed by atoms with van der Waals surface area (Å²) >= 11 is 0. The van der Waals surface area contributed by atoms with E-state index in [2.05, 4.69) is 5.32 Å². The summed E-state index contributed by atoms with van der Waals surface area (Å²) in [6, 6.07) is 21.3. The number of hydrogen-bond donors (Lipinski definition) is 1. The summed E-state index contributed by atoms with van der Waals surface area (Å²) in [5, 5.41) is 12.3. The van der Waals surface area contributed by atoms with E-state index in [4.69, 9.17) is 4.74 Å². The summed E-state index contributed by atoms with van der Waals surface area (Å²) in [7, 11) is 0. The summed E-state index contributed by atoms with van der Waals surface area (Å²) in [5.74, 6) is -0.121. The Bertz CT molecular complexity index is 1160. The highest BCUT2D eigenvalue weighted by atomic mass is 19.1. The second kappa shape index (κ2) is 10.2. The van der Waals surface area contributed by atoms with Crippen LogP contribution in [0.4, 0.5) is 10.1 Å². The highest BCUT2D eigenvalue weighted by Gasteiger charge is 2.12. The maximum absolute atomic E-state index is 13.5. The van der Waals surface area contributed by atoms with Crippen molar-refractivity contribution in [2.75, 3.05) is 11.9 Å². The Morgan fingerprint density at radius 2 is 1.94 bits per heavy atom. The van der Waals surface area contributed by atoms with Crippen molar-refractivity contribution in [3.05, 3.63) is 100 Å². The fourth-order valence-corrected chi connectivity index (χ4v) is 3.18. The van der Waals surface area contributed by atoms with Crippen LogP contribution < -0.4 is 10.1 Å². The van der Waals surface area contributed by atoms with Gasteiger partial charge in [0.05, 0.1) is 6.61 Å². The van der Waals surface area contributed by atoms with Gasteiger partial charge in [0.25, 0.3) is 5.91 Å². The van der Waals surface area contributed by atoms with Crippen LogP contribution in [-0.4, -0.2) is 12.5 Å². The van der Waals surface area contributed by atoms with Crippen LogP contribution in [0.3, 0.4) is 0 Å². The number of para-hydroxylation sites is 1. The molecule has 3 rings (SSSR count). The Hall–Kier alpha value is -3.91. The number of amides is 1. The molecular formula is C26H23FN2O2. The molecule has 0 saturated heterocycles. The van der Waals surface area contributed by atoms with Crippen molar-refractivity contribution in [1.29, 1.82) is 5.26 Å². The van der Waals surface area contributed by atoms with Gasteiger partial charge in [-0.05, 0) is 66.4 Å². The van der Waals surface area contributed by atoms with Crippen LogP contribution in [0, 0.1) is 24.1 Å². The van der Waals surface area contributed by atoms with Crippen LogP contribution in [-0.2, 0) is 11.2 Å². The van der Waals surface area contributed by atoms with Crippen LogP contribution in [0.2, 0.25) is 0 Å². The molecule has 0 aliphatic rings. The largest absolute Gasteiger partial charge is 0.494 e. The van der Waals surface area contributed by atoms with Crippen molar-refractivity contribution < 1.29 is 13.9 Å². The molecule has 0 aliphatic carbocycles. The first-order valence-electron chi connectivity index (χ1n) is 9.99. The van der Waals surface area contributed by atoms with Gasteiger partial charge in [0.15, 0.2) is 0 Å². The number of carbonyl (C=O) groups is 1. The monoisotopic (exact) mass is 414 g/mol. The zero-order valence-electron chi connectivity index (χ0n) is 17.5. The predicted octanol–water partition coefficient (Wildman–Crippen LogP) is 5.67. The SMILES string of the molecule is CCOc1cc(/C=C(\C#N)C(=O)Nc2ccccc2C)ccc1Cc1cccc(F)c1. The highest BCUT2D eigenvalue weighted by Crippen LogP contribution is 2.25. The third-order valence-corrected chi connectivity index (χ3v) is 4.74. The molecule has 1 amide bonds. The third kappa shape index (κ3) is 5.80. The summed E-state index contributed by atoms with van der Waals surface area (Å²) in [6.45, 7) is 4.23. The molecule has 156 valence electrons. The average Bonchev–Trinajstić information content (AvgIpc) is 2.75. The summed E-state index contributed by atoms with van der Waals surface area (Å²) in [6.07, 6.45) is 2.04. The number of anilines is 1. The van der Waals surface area contributed by atoms with Crippen molar-refractivity contribution in [2.24, 2.45) is 0 Å². The van der Waals surface area contributed by atoms with Gasteiger partial charge in [-0.2, -0.15) is 5.26 Å². The van der Waals surface area contributed by atoms with Gasteiger partial charge < -0.3 is 10.1 Å². The Balaban J connectivity index is 1.86. The van der Waals surface area contributed by atoms with Crippen molar-refractivity contribution in [3.8, 4) is 11.8 Å². The molecule has 4 nitrogen and oxygen atoms in total. The van der Waals surface area contributed by atoms with Gasteiger partial charge in [-0.1, -0.05) is 42.5 Å². The molecule has 3 aromatic carbocycles. The van der Waals surface area contributed by atoms with Gasteiger partial charge in [-0.3, -0.25) is 4.79 Å². The summed E-state index contributed by atoms with van der Waals surface area (Å²) in [4.78, 5) is 12.6. The Morgan fingerprint density at radius 1 is 1.13 bits per heavy atom. The molecule has 0 spiro atoms. The van der Waals surface area contributed by atoms with E-state index in [9.17, 15) is 14.4 Å². The Labute approximate surface area is 181 Å². The van der Waals surface area contributed by atoms with E-state index < -0.39 is 5.91 Å². The van der Waals surface area contributed by atoms with E-state index in [0.29, 0.717) is 30.0 Å². The molecule has 0 fully saturated rings. The van der Waals surface area contributed by atoms with Crippen LogP contribution in [0.25, 0.3) is 6.08 Å². The van der Waals surface area contributed by atoms with E-state index in [0.717, 1.165) is 16.7 Å². The number of rotatable bonds is 7. The quantitative estimate of drug-likeness (QED) is 0.400. The lowest BCUT2D eigenvalue weighted by atomic mass is 10.0. The molecule has 0 radical (unpaired) electrons. The molecule has 3 aromatic rings. The lowest BCUT2D eigenvalue weighted by Gasteiger charge is -2.12.